The molecule has 1 N–H and O–H groups in total. The summed E-state index contributed by atoms with van der Waals surface area (Å²) >= 11 is 7.24. The molecule has 0 radical (unpaired) electrons. The molecule has 0 saturated heterocycles. The highest BCUT2D eigenvalue weighted by Crippen LogP contribution is 2.31. The highest BCUT2D eigenvalue weighted by molar-refractivity contribution is 7.22. The summed E-state index contributed by atoms with van der Waals surface area (Å²) in [5.41, 5.74) is 2.31. The molecule has 1 amide bonds. The number of halogens is 2. The Labute approximate surface area is 174 Å². The van der Waals surface area contributed by atoms with Crippen LogP contribution in [0.5, 0.6) is 0 Å². The van der Waals surface area contributed by atoms with Crippen LogP contribution in [0.4, 0.5) is 10.1 Å². The summed E-state index contributed by atoms with van der Waals surface area (Å²) in [7, 11) is 0. The van der Waals surface area contributed by atoms with Crippen molar-refractivity contribution in [3.05, 3.63) is 81.6 Å². The zero-order valence-electron chi connectivity index (χ0n) is 15.3. The largest absolute Gasteiger partial charge is 0.324 e. The van der Waals surface area contributed by atoms with Gasteiger partial charge in [-0.15, -0.1) is 11.3 Å². The van der Waals surface area contributed by atoms with Crippen molar-refractivity contribution in [3.8, 4) is 10.4 Å². The third-order valence-electron chi connectivity index (χ3n) is 4.42. The number of nitrogens with one attached hydrogen (secondary N) is 1. The number of nitrogens with zero attached hydrogens (tertiary/aromatic N) is 2. The minimum absolute atomic E-state index is 0.216. The van der Waals surface area contributed by atoms with E-state index in [4.69, 9.17) is 11.6 Å². The van der Waals surface area contributed by atoms with Crippen molar-refractivity contribution in [2.75, 3.05) is 5.32 Å². The van der Waals surface area contributed by atoms with E-state index in [0.717, 1.165) is 16.0 Å². The van der Waals surface area contributed by atoms with E-state index in [0.29, 0.717) is 20.9 Å². The van der Waals surface area contributed by atoms with E-state index in [9.17, 15) is 14.0 Å². The lowest BCUT2D eigenvalue weighted by Gasteiger charge is -2.09. The second-order valence-electron chi connectivity index (χ2n) is 6.52. The fourth-order valence-corrected chi connectivity index (χ4v) is 4.08. The summed E-state index contributed by atoms with van der Waals surface area (Å²) in [6.07, 6.45) is 1.35. The van der Waals surface area contributed by atoms with Crippen molar-refractivity contribution < 1.29 is 9.18 Å². The fraction of sp³-hybridized carbons (Fsp3) is 0.0952. The van der Waals surface area contributed by atoms with Crippen LogP contribution in [0.25, 0.3) is 20.7 Å². The van der Waals surface area contributed by atoms with E-state index in [-0.39, 0.29) is 12.1 Å². The summed E-state index contributed by atoms with van der Waals surface area (Å²) in [5.74, 6) is -0.879. The van der Waals surface area contributed by atoms with Crippen LogP contribution in [0.2, 0.25) is 5.02 Å². The Kier molecular flexibility index (Phi) is 5.17. The first kappa shape index (κ1) is 19.3. The molecule has 2 aromatic heterocycles. The maximum Gasteiger partial charge on any atom is 0.271 e. The minimum atomic E-state index is -0.445. The van der Waals surface area contributed by atoms with Crippen molar-refractivity contribution in [1.82, 2.24) is 9.55 Å². The summed E-state index contributed by atoms with van der Waals surface area (Å²) in [6.45, 7) is 1.55. The van der Waals surface area contributed by atoms with Crippen LogP contribution >= 0.6 is 22.9 Å². The Morgan fingerprint density at radius 2 is 1.97 bits per heavy atom. The molecule has 29 heavy (non-hydrogen) atoms. The van der Waals surface area contributed by atoms with E-state index >= 15 is 0 Å². The van der Waals surface area contributed by atoms with Crippen LogP contribution in [-0.2, 0) is 11.3 Å². The Hall–Kier alpha value is -3.03. The van der Waals surface area contributed by atoms with Gasteiger partial charge in [0.05, 0.1) is 11.8 Å². The zero-order valence-corrected chi connectivity index (χ0v) is 16.9. The van der Waals surface area contributed by atoms with E-state index < -0.39 is 11.7 Å². The number of hydrogen-bond acceptors (Lipinski definition) is 4. The smallest absolute Gasteiger partial charge is 0.271 e. The molecule has 4 rings (SSSR count). The lowest BCUT2D eigenvalue weighted by Crippen LogP contribution is -2.27. The van der Waals surface area contributed by atoms with E-state index in [1.165, 1.54) is 34.4 Å². The van der Waals surface area contributed by atoms with Gasteiger partial charge in [-0.1, -0.05) is 29.8 Å². The van der Waals surface area contributed by atoms with Crippen LogP contribution in [0.1, 0.15) is 5.56 Å². The molecule has 4 aromatic rings. The number of fused-ring (bicyclic) bond motifs is 1. The summed E-state index contributed by atoms with van der Waals surface area (Å²) in [6, 6.07) is 13.3. The van der Waals surface area contributed by atoms with Crippen LogP contribution in [0.3, 0.4) is 0 Å². The van der Waals surface area contributed by atoms with Crippen LogP contribution in [0.15, 0.2) is 59.7 Å². The highest BCUT2D eigenvalue weighted by Gasteiger charge is 2.13. The summed E-state index contributed by atoms with van der Waals surface area (Å²) in [4.78, 5) is 30.4. The molecule has 2 aromatic carbocycles. The van der Waals surface area contributed by atoms with E-state index in [1.807, 2.05) is 18.2 Å². The fourth-order valence-electron chi connectivity index (χ4n) is 2.89. The normalized spacial score (nSPS) is 11.0. The molecular weight excluding hydrogens is 413 g/mol. The number of hydrogen-bond donors (Lipinski definition) is 1. The van der Waals surface area contributed by atoms with Crippen LogP contribution in [-0.4, -0.2) is 15.5 Å². The molecule has 0 aliphatic rings. The molecule has 0 unspecified atom stereocenters. The third kappa shape index (κ3) is 4.06. The third-order valence-corrected chi connectivity index (χ3v) is 5.83. The van der Waals surface area contributed by atoms with Crippen molar-refractivity contribution in [2.45, 2.75) is 13.5 Å². The van der Waals surface area contributed by atoms with Gasteiger partial charge in [-0.25, -0.2) is 9.37 Å². The van der Waals surface area contributed by atoms with Gasteiger partial charge in [-0.05, 0) is 48.4 Å². The topological polar surface area (TPSA) is 64.0 Å². The number of aromatic nitrogens is 2. The molecule has 0 atom stereocenters. The Morgan fingerprint density at radius 3 is 2.72 bits per heavy atom. The van der Waals surface area contributed by atoms with Gasteiger partial charge < -0.3 is 5.32 Å². The van der Waals surface area contributed by atoms with Crippen molar-refractivity contribution >= 4 is 44.7 Å². The quantitative estimate of drug-likeness (QED) is 0.505. The monoisotopic (exact) mass is 427 g/mol. The lowest BCUT2D eigenvalue weighted by atomic mass is 10.2. The van der Waals surface area contributed by atoms with Crippen LogP contribution in [0, 0.1) is 12.7 Å². The molecule has 2 heterocycles. The number of carbonyl (C=O) groups is 1. The Morgan fingerprint density at radius 1 is 1.21 bits per heavy atom. The van der Waals surface area contributed by atoms with Crippen molar-refractivity contribution in [3.63, 3.8) is 0 Å². The highest BCUT2D eigenvalue weighted by atomic mass is 35.5. The molecule has 5 nitrogen and oxygen atoms in total. The van der Waals surface area contributed by atoms with Gasteiger partial charge in [0.15, 0.2) is 0 Å². The molecule has 0 bridgehead atoms. The predicted octanol–water partition coefficient (Wildman–Crippen LogP) is 4.86. The molecule has 146 valence electrons. The maximum atomic E-state index is 13.4. The maximum absolute atomic E-state index is 13.4. The number of thiophene rings is 1. The first-order chi connectivity index (χ1) is 13.9. The van der Waals surface area contributed by atoms with Crippen molar-refractivity contribution in [2.24, 2.45) is 0 Å². The predicted molar refractivity (Wildman–Crippen MR) is 114 cm³/mol. The summed E-state index contributed by atoms with van der Waals surface area (Å²) in [5, 5.41) is 3.27. The number of aryl methyl sites for hydroxylation is 1. The molecule has 0 fully saturated rings. The Bertz CT molecular complexity index is 1280. The van der Waals surface area contributed by atoms with Gasteiger partial charge in [-0.3, -0.25) is 14.2 Å². The van der Waals surface area contributed by atoms with E-state index in [2.05, 4.69) is 10.3 Å². The Balaban J connectivity index is 1.60. The van der Waals surface area contributed by atoms with Gasteiger partial charge in [-0.2, -0.15) is 0 Å². The van der Waals surface area contributed by atoms with Gasteiger partial charge in [0, 0.05) is 15.6 Å². The summed E-state index contributed by atoms with van der Waals surface area (Å²) < 4.78 is 15.1. The lowest BCUT2D eigenvalue weighted by molar-refractivity contribution is -0.116. The molecule has 0 saturated carbocycles. The SMILES string of the molecule is Cc1ccc(F)cc1NC(=O)Cn1cnc2cc(-c3ccc(Cl)cc3)sc2c1=O. The number of rotatable bonds is 4. The first-order valence-corrected chi connectivity index (χ1v) is 9.91. The van der Waals surface area contributed by atoms with E-state index in [1.54, 1.807) is 25.1 Å². The molecular formula is C21H15ClFN3O2S. The number of carbonyl (C=O) groups excluding carboxylic acids is 1. The van der Waals surface area contributed by atoms with Gasteiger partial charge >= 0.3 is 0 Å². The van der Waals surface area contributed by atoms with Crippen LogP contribution < -0.4 is 10.9 Å². The van der Waals surface area contributed by atoms with Gasteiger partial charge in [0.2, 0.25) is 5.91 Å². The number of amides is 1. The molecule has 8 heteroatoms. The standard InChI is InChI=1S/C21H15ClFN3O2S/c1-12-2-7-15(23)8-16(12)25-19(27)10-26-11-24-17-9-18(29-20(17)21(26)28)13-3-5-14(22)6-4-13/h2-9,11H,10H2,1H3,(H,25,27). The molecule has 0 aliphatic heterocycles. The molecule has 0 spiro atoms. The van der Waals surface area contributed by atoms with Gasteiger partial charge in [0.1, 0.15) is 17.1 Å². The average Bonchev–Trinajstić information content (AvgIpc) is 3.13. The molecule has 0 aliphatic carbocycles. The second kappa shape index (κ2) is 7.77. The second-order valence-corrected chi connectivity index (χ2v) is 8.01. The average molecular weight is 428 g/mol. The van der Waals surface area contributed by atoms with Crippen molar-refractivity contribution in [1.29, 1.82) is 0 Å². The number of benzene rings is 2. The van der Waals surface area contributed by atoms with Gasteiger partial charge in [0.25, 0.3) is 5.56 Å². The first-order valence-electron chi connectivity index (χ1n) is 8.71. The zero-order chi connectivity index (χ0) is 20.5. The number of anilines is 1. The minimum Gasteiger partial charge on any atom is -0.324 e.